The highest BCUT2D eigenvalue weighted by molar-refractivity contribution is 5.69. The third-order valence-corrected chi connectivity index (χ3v) is 3.51. The summed E-state index contributed by atoms with van der Waals surface area (Å²) in [5.74, 6) is 0. The number of aryl methyl sites for hydroxylation is 1. The molecule has 110 valence electrons. The number of nitriles is 2. The predicted molar refractivity (Wildman–Crippen MR) is 88.3 cm³/mol. The van der Waals surface area contributed by atoms with Crippen LogP contribution in [0, 0.1) is 29.6 Å². The monoisotopic (exact) mass is 299 g/mol. The molecule has 5 nitrogen and oxygen atoms in total. The van der Waals surface area contributed by atoms with Crippen LogP contribution in [0.1, 0.15) is 5.56 Å². The summed E-state index contributed by atoms with van der Waals surface area (Å²) in [4.78, 5) is 4.60. The zero-order chi connectivity index (χ0) is 16.2. The number of pyridine rings is 1. The van der Waals surface area contributed by atoms with Gasteiger partial charge in [0.15, 0.2) is 0 Å². The quantitative estimate of drug-likeness (QED) is 0.749. The molecule has 3 rings (SSSR count). The van der Waals surface area contributed by atoms with Crippen molar-refractivity contribution in [2.75, 3.05) is 5.32 Å². The van der Waals surface area contributed by atoms with Crippen molar-refractivity contribution < 1.29 is 0 Å². The number of hydrogen-bond donors (Lipinski definition) is 1. The van der Waals surface area contributed by atoms with Crippen LogP contribution in [0.4, 0.5) is 5.69 Å². The number of aromatic nitrogens is 2. The third kappa shape index (κ3) is 2.90. The number of allylic oxidation sites excluding steroid dienone is 1. The molecule has 5 heteroatoms. The first-order valence-corrected chi connectivity index (χ1v) is 7.03. The molecule has 1 N–H and O–H groups in total. The Kier molecular flexibility index (Phi) is 3.78. The summed E-state index contributed by atoms with van der Waals surface area (Å²) in [6, 6.07) is 15.4. The molecule has 0 fully saturated rings. The number of anilines is 1. The van der Waals surface area contributed by atoms with E-state index in [2.05, 4.69) is 10.3 Å². The summed E-state index contributed by atoms with van der Waals surface area (Å²) in [5.41, 5.74) is 4.59. The Labute approximate surface area is 133 Å². The number of nitrogens with zero attached hydrogens (tertiary/aromatic N) is 4. The first-order valence-electron chi connectivity index (χ1n) is 7.03. The number of nitrogens with one attached hydrogen (secondary N) is 1. The highest BCUT2D eigenvalue weighted by Gasteiger charge is 2.06. The van der Waals surface area contributed by atoms with Gasteiger partial charge < -0.3 is 9.72 Å². The first-order chi connectivity index (χ1) is 11.2. The summed E-state index contributed by atoms with van der Waals surface area (Å²) in [6.07, 6.45) is 5.33. The van der Waals surface area contributed by atoms with Crippen LogP contribution < -0.4 is 5.32 Å². The highest BCUT2D eigenvalue weighted by Crippen LogP contribution is 2.25. The van der Waals surface area contributed by atoms with Gasteiger partial charge in [-0.1, -0.05) is 18.2 Å². The molecule has 2 aromatic heterocycles. The maximum absolute atomic E-state index is 8.79. The number of rotatable bonds is 3. The Morgan fingerprint density at radius 3 is 2.78 bits per heavy atom. The predicted octanol–water partition coefficient (Wildman–Crippen LogP) is 3.65. The molecule has 1 aromatic carbocycles. The molecule has 0 bridgehead atoms. The van der Waals surface area contributed by atoms with E-state index in [9.17, 15) is 0 Å². The number of fused-ring (bicyclic) bond motifs is 1. The lowest BCUT2D eigenvalue weighted by molar-refractivity contribution is 1.19. The van der Waals surface area contributed by atoms with Crippen molar-refractivity contribution in [1.82, 2.24) is 9.38 Å². The summed E-state index contributed by atoms with van der Waals surface area (Å²) in [7, 11) is 0. The minimum absolute atomic E-state index is 0.0301. The summed E-state index contributed by atoms with van der Waals surface area (Å²) in [5, 5.41) is 20.6. The lowest BCUT2D eigenvalue weighted by Gasteiger charge is -2.07. The van der Waals surface area contributed by atoms with E-state index < -0.39 is 0 Å². The average molecular weight is 299 g/mol. The van der Waals surface area contributed by atoms with Gasteiger partial charge in [-0.05, 0) is 30.7 Å². The molecule has 0 aliphatic rings. The fraction of sp³-hybridized carbons (Fsp3) is 0.0556. The van der Waals surface area contributed by atoms with Crippen LogP contribution in [0.5, 0.6) is 0 Å². The van der Waals surface area contributed by atoms with Gasteiger partial charge in [-0.3, -0.25) is 0 Å². The van der Waals surface area contributed by atoms with Gasteiger partial charge in [0.05, 0.1) is 5.69 Å². The molecule has 3 aromatic rings. The van der Waals surface area contributed by atoms with E-state index in [1.54, 1.807) is 0 Å². The van der Waals surface area contributed by atoms with E-state index in [0.717, 1.165) is 28.2 Å². The van der Waals surface area contributed by atoms with Gasteiger partial charge in [0.25, 0.3) is 0 Å². The average Bonchev–Trinajstić information content (AvgIpc) is 3.01. The van der Waals surface area contributed by atoms with Crippen molar-refractivity contribution in [2.24, 2.45) is 0 Å². The van der Waals surface area contributed by atoms with Gasteiger partial charge in [0.2, 0.25) is 0 Å². The van der Waals surface area contributed by atoms with Crippen molar-refractivity contribution in [1.29, 1.82) is 10.5 Å². The summed E-state index contributed by atoms with van der Waals surface area (Å²) < 4.78 is 1.96. The Morgan fingerprint density at radius 1 is 1.22 bits per heavy atom. The second-order valence-electron chi connectivity index (χ2n) is 5.05. The Balaban J connectivity index is 1.98. The van der Waals surface area contributed by atoms with E-state index in [1.807, 2.05) is 72.3 Å². The smallest absolute Gasteiger partial charge is 0.145 e. The van der Waals surface area contributed by atoms with Crippen molar-refractivity contribution in [3.63, 3.8) is 0 Å². The standard InChI is InChI=1S/C18H13N5/c1-13-5-6-15(8-16(13)21-11-14(9-19)10-20)17-12-23-7-3-2-4-18(23)22-17/h2-8,11-12,21H,1H3. The Hall–Kier alpha value is -3.57. The van der Waals surface area contributed by atoms with Gasteiger partial charge in [0.1, 0.15) is 23.4 Å². The minimum Gasteiger partial charge on any atom is -0.360 e. The zero-order valence-corrected chi connectivity index (χ0v) is 12.5. The second-order valence-corrected chi connectivity index (χ2v) is 5.05. The maximum Gasteiger partial charge on any atom is 0.145 e. The van der Waals surface area contributed by atoms with E-state index in [1.165, 1.54) is 6.20 Å². The van der Waals surface area contributed by atoms with E-state index >= 15 is 0 Å². The first kappa shape index (κ1) is 14.4. The van der Waals surface area contributed by atoms with Crippen LogP contribution in [0.3, 0.4) is 0 Å². The molecule has 0 aliphatic heterocycles. The van der Waals surface area contributed by atoms with Crippen molar-refractivity contribution in [3.05, 3.63) is 66.1 Å². The molecular weight excluding hydrogens is 286 g/mol. The molecule has 0 saturated heterocycles. The van der Waals surface area contributed by atoms with Crippen molar-refractivity contribution >= 4 is 11.3 Å². The largest absolute Gasteiger partial charge is 0.360 e. The Bertz CT molecular complexity index is 934. The molecule has 0 spiro atoms. The van der Waals surface area contributed by atoms with Crippen LogP contribution in [0.2, 0.25) is 0 Å². The lowest BCUT2D eigenvalue weighted by Crippen LogP contribution is -1.93. The molecule has 0 unspecified atom stereocenters. The normalized spacial score (nSPS) is 9.87. The SMILES string of the molecule is Cc1ccc(-c2cn3ccccc3n2)cc1NC=C(C#N)C#N. The van der Waals surface area contributed by atoms with Crippen LogP contribution >= 0.6 is 0 Å². The molecule has 23 heavy (non-hydrogen) atoms. The van der Waals surface area contributed by atoms with Crippen LogP contribution in [-0.4, -0.2) is 9.38 Å². The number of hydrogen-bond acceptors (Lipinski definition) is 4. The molecule has 2 heterocycles. The topological polar surface area (TPSA) is 76.9 Å². The number of benzene rings is 1. The summed E-state index contributed by atoms with van der Waals surface area (Å²) >= 11 is 0. The van der Waals surface area contributed by atoms with E-state index in [4.69, 9.17) is 10.5 Å². The minimum atomic E-state index is 0.0301. The molecule has 0 aliphatic carbocycles. The lowest BCUT2D eigenvalue weighted by atomic mass is 10.1. The van der Waals surface area contributed by atoms with Gasteiger partial charge >= 0.3 is 0 Å². The van der Waals surface area contributed by atoms with Gasteiger partial charge in [-0.25, -0.2) is 4.98 Å². The summed E-state index contributed by atoms with van der Waals surface area (Å²) in [6.45, 7) is 1.96. The van der Waals surface area contributed by atoms with Gasteiger partial charge in [-0.15, -0.1) is 0 Å². The Morgan fingerprint density at radius 2 is 2.04 bits per heavy atom. The van der Waals surface area contributed by atoms with Crippen LogP contribution in [-0.2, 0) is 0 Å². The van der Waals surface area contributed by atoms with Gasteiger partial charge in [-0.2, -0.15) is 10.5 Å². The second kappa shape index (κ2) is 6.05. The molecule has 0 radical (unpaired) electrons. The highest BCUT2D eigenvalue weighted by atomic mass is 15.0. The fourth-order valence-electron chi connectivity index (χ4n) is 2.25. The van der Waals surface area contributed by atoms with Crippen LogP contribution in [0.25, 0.3) is 16.9 Å². The fourth-order valence-corrected chi connectivity index (χ4v) is 2.25. The molecular formula is C18H13N5. The van der Waals surface area contributed by atoms with E-state index in [-0.39, 0.29) is 5.57 Å². The number of imidazole rings is 1. The molecule has 0 saturated carbocycles. The maximum atomic E-state index is 8.79. The molecule has 0 amide bonds. The zero-order valence-electron chi connectivity index (χ0n) is 12.5. The van der Waals surface area contributed by atoms with Crippen LogP contribution in [0.15, 0.2) is 60.6 Å². The van der Waals surface area contributed by atoms with E-state index in [0.29, 0.717) is 0 Å². The molecule has 0 atom stereocenters. The third-order valence-electron chi connectivity index (χ3n) is 3.51. The van der Waals surface area contributed by atoms with Crippen molar-refractivity contribution in [3.8, 4) is 23.4 Å². The van der Waals surface area contributed by atoms with Crippen molar-refractivity contribution in [2.45, 2.75) is 6.92 Å². The van der Waals surface area contributed by atoms with Gasteiger partial charge in [0, 0.05) is 29.8 Å².